The Morgan fingerprint density at radius 1 is 1.39 bits per heavy atom. The van der Waals surface area contributed by atoms with E-state index in [-0.39, 0.29) is 0 Å². The molecule has 1 aromatic rings. The third-order valence-electron chi connectivity index (χ3n) is 3.46. The molecule has 0 radical (unpaired) electrons. The molecule has 1 fully saturated rings. The number of hydrogen-bond acceptors (Lipinski definition) is 3. The van der Waals surface area contributed by atoms with Crippen LogP contribution in [0.4, 0.5) is 0 Å². The largest absolute Gasteiger partial charge is 0.508 e. The summed E-state index contributed by atoms with van der Waals surface area (Å²) >= 11 is 0. The van der Waals surface area contributed by atoms with E-state index in [1.165, 1.54) is 12.0 Å². The van der Waals surface area contributed by atoms with E-state index in [0.29, 0.717) is 17.9 Å². The van der Waals surface area contributed by atoms with E-state index in [1.807, 2.05) is 12.1 Å². The maximum atomic E-state index is 9.30. The Labute approximate surface area is 109 Å². The summed E-state index contributed by atoms with van der Waals surface area (Å²) < 4.78 is 5.80. The van der Waals surface area contributed by atoms with Crippen LogP contribution in [0.1, 0.15) is 31.7 Å². The SMILES string of the molecule is CCCNC(Cc1ccc(O)cc1)C1CCCO1. The van der Waals surface area contributed by atoms with Gasteiger partial charge in [-0.15, -0.1) is 0 Å². The molecule has 2 rings (SSSR count). The monoisotopic (exact) mass is 249 g/mol. The Bertz CT molecular complexity index is 344. The van der Waals surface area contributed by atoms with Crippen molar-refractivity contribution < 1.29 is 9.84 Å². The lowest BCUT2D eigenvalue weighted by molar-refractivity contribution is 0.0784. The van der Waals surface area contributed by atoms with Crippen molar-refractivity contribution in [3.63, 3.8) is 0 Å². The molecule has 0 amide bonds. The first-order valence-corrected chi connectivity index (χ1v) is 6.92. The van der Waals surface area contributed by atoms with Gasteiger partial charge in [-0.1, -0.05) is 19.1 Å². The summed E-state index contributed by atoms with van der Waals surface area (Å²) in [6, 6.07) is 7.87. The number of rotatable bonds is 6. The first kappa shape index (κ1) is 13.4. The average Bonchev–Trinajstić information content (AvgIpc) is 2.90. The summed E-state index contributed by atoms with van der Waals surface area (Å²) in [5, 5.41) is 12.9. The molecule has 1 heterocycles. The maximum Gasteiger partial charge on any atom is 0.115 e. The molecule has 0 aromatic heterocycles. The van der Waals surface area contributed by atoms with Crippen molar-refractivity contribution in [2.24, 2.45) is 0 Å². The normalized spacial score (nSPS) is 21.1. The molecule has 1 aliphatic heterocycles. The second-order valence-corrected chi connectivity index (χ2v) is 4.98. The molecule has 0 bridgehead atoms. The number of phenols is 1. The van der Waals surface area contributed by atoms with Crippen molar-refractivity contribution in [2.45, 2.75) is 44.8 Å². The van der Waals surface area contributed by atoms with Gasteiger partial charge >= 0.3 is 0 Å². The highest BCUT2D eigenvalue weighted by Gasteiger charge is 2.25. The number of benzene rings is 1. The van der Waals surface area contributed by atoms with Gasteiger partial charge in [0.15, 0.2) is 0 Å². The minimum absolute atomic E-state index is 0.328. The zero-order valence-corrected chi connectivity index (χ0v) is 11.1. The molecule has 2 unspecified atom stereocenters. The van der Waals surface area contributed by atoms with Crippen LogP contribution >= 0.6 is 0 Å². The van der Waals surface area contributed by atoms with Gasteiger partial charge < -0.3 is 15.2 Å². The predicted molar refractivity (Wildman–Crippen MR) is 72.9 cm³/mol. The Hall–Kier alpha value is -1.06. The fourth-order valence-corrected chi connectivity index (χ4v) is 2.47. The quantitative estimate of drug-likeness (QED) is 0.814. The van der Waals surface area contributed by atoms with Crippen molar-refractivity contribution in [3.05, 3.63) is 29.8 Å². The van der Waals surface area contributed by atoms with Crippen molar-refractivity contribution in [1.29, 1.82) is 0 Å². The van der Waals surface area contributed by atoms with E-state index in [1.54, 1.807) is 12.1 Å². The van der Waals surface area contributed by atoms with E-state index in [4.69, 9.17) is 4.74 Å². The molecule has 3 nitrogen and oxygen atoms in total. The molecule has 1 aliphatic rings. The maximum absolute atomic E-state index is 9.30. The van der Waals surface area contributed by atoms with Gasteiger partial charge in [-0.2, -0.15) is 0 Å². The van der Waals surface area contributed by atoms with Gasteiger partial charge in [-0.05, 0) is 49.9 Å². The lowest BCUT2D eigenvalue weighted by Gasteiger charge is -2.24. The Balaban J connectivity index is 1.97. The molecule has 0 aliphatic carbocycles. The second kappa shape index (κ2) is 6.76. The standard InChI is InChI=1S/C15H23NO2/c1-2-9-16-14(15-4-3-10-18-15)11-12-5-7-13(17)8-6-12/h5-8,14-17H,2-4,9-11H2,1H3. The molecule has 18 heavy (non-hydrogen) atoms. The fourth-order valence-electron chi connectivity index (χ4n) is 2.47. The summed E-state index contributed by atoms with van der Waals surface area (Å²) in [5.74, 6) is 0.328. The molecule has 1 saturated heterocycles. The number of aromatic hydroxyl groups is 1. The van der Waals surface area contributed by atoms with Gasteiger partial charge in [0.2, 0.25) is 0 Å². The van der Waals surface area contributed by atoms with Crippen LogP contribution < -0.4 is 5.32 Å². The summed E-state index contributed by atoms with van der Waals surface area (Å²) in [6.07, 6.45) is 4.76. The minimum Gasteiger partial charge on any atom is -0.508 e. The van der Waals surface area contributed by atoms with Crippen molar-refractivity contribution in [3.8, 4) is 5.75 Å². The van der Waals surface area contributed by atoms with Gasteiger partial charge in [0.1, 0.15) is 5.75 Å². The molecule has 0 spiro atoms. The third kappa shape index (κ3) is 3.72. The smallest absolute Gasteiger partial charge is 0.115 e. The predicted octanol–water partition coefficient (Wildman–Crippen LogP) is 2.48. The highest BCUT2D eigenvalue weighted by atomic mass is 16.5. The topological polar surface area (TPSA) is 41.5 Å². The van der Waals surface area contributed by atoms with E-state index < -0.39 is 0 Å². The molecule has 0 saturated carbocycles. The summed E-state index contributed by atoms with van der Waals surface area (Å²) in [4.78, 5) is 0. The highest BCUT2D eigenvalue weighted by Crippen LogP contribution is 2.19. The van der Waals surface area contributed by atoms with E-state index in [0.717, 1.165) is 32.4 Å². The van der Waals surface area contributed by atoms with Gasteiger partial charge in [-0.3, -0.25) is 0 Å². The first-order valence-electron chi connectivity index (χ1n) is 6.92. The van der Waals surface area contributed by atoms with Crippen molar-refractivity contribution in [2.75, 3.05) is 13.2 Å². The van der Waals surface area contributed by atoms with Crippen LogP contribution in [0, 0.1) is 0 Å². The average molecular weight is 249 g/mol. The highest BCUT2D eigenvalue weighted by molar-refractivity contribution is 5.26. The van der Waals surface area contributed by atoms with Crippen LogP contribution in [0.15, 0.2) is 24.3 Å². The zero-order valence-electron chi connectivity index (χ0n) is 11.1. The van der Waals surface area contributed by atoms with E-state index in [2.05, 4.69) is 12.2 Å². The van der Waals surface area contributed by atoms with Crippen LogP contribution in [0.25, 0.3) is 0 Å². The Kier molecular flexibility index (Phi) is 5.02. The van der Waals surface area contributed by atoms with E-state index >= 15 is 0 Å². The third-order valence-corrected chi connectivity index (χ3v) is 3.46. The number of hydrogen-bond donors (Lipinski definition) is 2. The number of ether oxygens (including phenoxy) is 1. The van der Waals surface area contributed by atoms with Gasteiger partial charge in [0.25, 0.3) is 0 Å². The van der Waals surface area contributed by atoms with Crippen molar-refractivity contribution >= 4 is 0 Å². The lowest BCUT2D eigenvalue weighted by Crippen LogP contribution is -2.41. The van der Waals surface area contributed by atoms with Gasteiger partial charge in [-0.25, -0.2) is 0 Å². The van der Waals surface area contributed by atoms with Gasteiger partial charge in [0, 0.05) is 12.6 Å². The van der Waals surface area contributed by atoms with Crippen LogP contribution in [-0.4, -0.2) is 30.4 Å². The first-order chi connectivity index (χ1) is 8.79. The van der Waals surface area contributed by atoms with Crippen LogP contribution in [0.5, 0.6) is 5.75 Å². The van der Waals surface area contributed by atoms with Crippen molar-refractivity contribution in [1.82, 2.24) is 5.32 Å². The number of nitrogens with one attached hydrogen (secondary N) is 1. The minimum atomic E-state index is 0.328. The summed E-state index contributed by atoms with van der Waals surface area (Å²) in [5.41, 5.74) is 1.25. The molecule has 2 N–H and O–H groups in total. The summed E-state index contributed by atoms with van der Waals surface area (Å²) in [6.45, 7) is 4.10. The lowest BCUT2D eigenvalue weighted by atomic mass is 9.99. The Morgan fingerprint density at radius 3 is 2.78 bits per heavy atom. The molecule has 3 heteroatoms. The van der Waals surface area contributed by atoms with Gasteiger partial charge in [0.05, 0.1) is 6.10 Å². The van der Waals surface area contributed by atoms with E-state index in [9.17, 15) is 5.11 Å². The molecule has 1 aromatic carbocycles. The van der Waals surface area contributed by atoms with Crippen LogP contribution in [0.3, 0.4) is 0 Å². The fraction of sp³-hybridized carbons (Fsp3) is 0.600. The van der Waals surface area contributed by atoms with Crippen LogP contribution in [-0.2, 0) is 11.2 Å². The number of phenolic OH excluding ortho intramolecular Hbond substituents is 1. The molecule has 100 valence electrons. The Morgan fingerprint density at radius 2 is 2.17 bits per heavy atom. The molecular weight excluding hydrogens is 226 g/mol. The molecule has 2 atom stereocenters. The summed E-state index contributed by atoms with van der Waals surface area (Å²) in [7, 11) is 0. The zero-order chi connectivity index (χ0) is 12.8. The second-order valence-electron chi connectivity index (χ2n) is 4.98. The van der Waals surface area contributed by atoms with Crippen LogP contribution in [0.2, 0.25) is 0 Å². The molecular formula is C15H23NO2.